The molecule has 0 aromatic heterocycles. The zero-order valence-corrected chi connectivity index (χ0v) is 13.2. The molecule has 4 fully saturated rings. The van der Waals surface area contributed by atoms with Crippen LogP contribution in [0, 0.1) is 23.7 Å². The number of fused-ring (bicyclic) bond motifs is 5. The van der Waals surface area contributed by atoms with Crippen molar-refractivity contribution in [3.8, 4) is 0 Å². The Morgan fingerprint density at radius 1 is 0.850 bits per heavy atom. The highest BCUT2D eigenvalue weighted by Crippen LogP contribution is 2.58. The smallest absolute Gasteiger partial charge is 0.151 e. The molecule has 3 nitrogen and oxygen atoms in total. The van der Waals surface area contributed by atoms with Gasteiger partial charge in [0, 0.05) is 18.3 Å². The number of sulfone groups is 1. The maximum Gasteiger partial charge on any atom is 0.151 e. The molecule has 7 atom stereocenters. The third-order valence-corrected chi connectivity index (χ3v) is 8.52. The van der Waals surface area contributed by atoms with Crippen molar-refractivity contribution < 1.29 is 8.42 Å². The summed E-state index contributed by atoms with van der Waals surface area (Å²) >= 11 is 0. The van der Waals surface area contributed by atoms with Crippen molar-refractivity contribution in [1.29, 1.82) is 0 Å². The molecule has 4 saturated carbocycles. The fraction of sp³-hybridized carbons (Fsp3) is 1.00. The number of hydrogen-bond acceptors (Lipinski definition) is 3. The summed E-state index contributed by atoms with van der Waals surface area (Å²) in [5.74, 6) is 3.79. The molecule has 4 aliphatic rings. The second-order valence-electron chi connectivity index (χ2n) is 7.83. The number of nitrogens with one attached hydrogen (secondary N) is 1. The average molecular weight is 297 g/mol. The molecule has 0 saturated heterocycles. The van der Waals surface area contributed by atoms with Crippen molar-refractivity contribution in [3.63, 3.8) is 0 Å². The van der Waals surface area contributed by atoms with Crippen molar-refractivity contribution in [2.24, 2.45) is 23.7 Å². The minimum atomic E-state index is -2.89. The predicted molar refractivity (Wildman–Crippen MR) is 80.2 cm³/mol. The minimum Gasteiger partial charge on any atom is -0.310 e. The van der Waals surface area contributed by atoms with Crippen LogP contribution in [-0.2, 0) is 9.84 Å². The van der Waals surface area contributed by atoms with Gasteiger partial charge in [-0.15, -0.1) is 0 Å². The van der Waals surface area contributed by atoms with E-state index in [1.54, 1.807) is 0 Å². The Bertz CT molecular complexity index is 489. The van der Waals surface area contributed by atoms with Crippen molar-refractivity contribution in [2.75, 3.05) is 6.26 Å². The lowest BCUT2D eigenvalue weighted by atomic mass is 9.79. The van der Waals surface area contributed by atoms with E-state index >= 15 is 0 Å². The third kappa shape index (κ3) is 2.06. The second-order valence-corrected chi connectivity index (χ2v) is 10.1. The van der Waals surface area contributed by atoms with E-state index < -0.39 is 9.84 Å². The normalized spacial score (nSPS) is 50.8. The van der Waals surface area contributed by atoms with Crippen LogP contribution >= 0.6 is 0 Å². The molecule has 1 N–H and O–H groups in total. The van der Waals surface area contributed by atoms with Crippen molar-refractivity contribution >= 4 is 9.84 Å². The van der Waals surface area contributed by atoms with E-state index in [0.29, 0.717) is 6.04 Å². The maximum absolute atomic E-state index is 11.9. The van der Waals surface area contributed by atoms with Crippen molar-refractivity contribution in [3.05, 3.63) is 0 Å². The summed E-state index contributed by atoms with van der Waals surface area (Å²) in [5.41, 5.74) is 0. The molecule has 4 rings (SSSR count). The van der Waals surface area contributed by atoms with Crippen LogP contribution in [0.4, 0.5) is 0 Å². The topological polar surface area (TPSA) is 46.2 Å². The summed E-state index contributed by atoms with van der Waals surface area (Å²) in [7, 11) is -2.89. The molecule has 0 aliphatic heterocycles. The predicted octanol–water partition coefficient (Wildman–Crippen LogP) is 2.37. The van der Waals surface area contributed by atoms with Gasteiger partial charge in [0.2, 0.25) is 0 Å². The third-order valence-electron chi connectivity index (χ3n) is 6.86. The van der Waals surface area contributed by atoms with Crippen molar-refractivity contribution in [2.45, 2.75) is 68.7 Å². The molecule has 4 heteroatoms. The Kier molecular flexibility index (Phi) is 3.19. The lowest BCUT2D eigenvalue weighted by molar-refractivity contribution is 0.198. The average Bonchev–Trinajstić information content (AvgIpc) is 3.09. The zero-order valence-electron chi connectivity index (χ0n) is 12.4. The molecule has 20 heavy (non-hydrogen) atoms. The first-order valence-corrected chi connectivity index (χ1v) is 10.4. The standard InChI is InChI=1S/C16H27NO2S/c1-20(18,19)16-7-3-6-14(16)17-15-9-10-8-13(15)12-5-2-4-11(10)12/h10-17H,2-9H2,1H3. The lowest BCUT2D eigenvalue weighted by Gasteiger charge is -2.35. The van der Waals surface area contributed by atoms with Crippen LogP contribution in [0.2, 0.25) is 0 Å². The minimum absolute atomic E-state index is 0.124. The molecular formula is C16H27NO2S. The van der Waals surface area contributed by atoms with Crippen LogP contribution in [-0.4, -0.2) is 32.0 Å². The summed E-state index contributed by atoms with van der Waals surface area (Å²) in [6, 6.07) is 0.848. The highest BCUT2D eigenvalue weighted by Gasteiger charge is 2.54. The second kappa shape index (κ2) is 4.70. The van der Waals surface area contributed by atoms with Crippen LogP contribution in [0.1, 0.15) is 51.4 Å². The van der Waals surface area contributed by atoms with Crippen LogP contribution < -0.4 is 5.32 Å². The molecule has 0 aromatic rings. The van der Waals surface area contributed by atoms with E-state index in [4.69, 9.17) is 0 Å². The zero-order chi connectivity index (χ0) is 13.9. The molecule has 0 spiro atoms. The Balaban J connectivity index is 1.46. The van der Waals surface area contributed by atoms with E-state index in [0.717, 1.165) is 42.9 Å². The summed E-state index contributed by atoms with van der Waals surface area (Å²) in [6.45, 7) is 0. The molecule has 0 radical (unpaired) electrons. The molecular weight excluding hydrogens is 270 g/mol. The van der Waals surface area contributed by atoms with Gasteiger partial charge in [0.15, 0.2) is 9.84 Å². The fourth-order valence-corrected chi connectivity index (χ4v) is 7.57. The SMILES string of the molecule is CS(=O)(=O)C1CCCC1NC1CC2CC1C1CCCC21. The molecule has 2 bridgehead atoms. The monoisotopic (exact) mass is 297 g/mol. The first-order valence-electron chi connectivity index (χ1n) is 8.49. The van der Waals surface area contributed by atoms with Crippen LogP contribution in [0.3, 0.4) is 0 Å². The van der Waals surface area contributed by atoms with E-state index in [1.165, 1.54) is 38.4 Å². The fourth-order valence-electron chi connectivity index (χ4n) is 6.16. The largest absolute Gasteiger partial charge is 0.310 e. The summed E-state index contributed by atoms with van der Waals surface area (Å²) < 4.78 is 23.8. The van der Waals surface area contributed by atoms with E-state index in [9.17, 15) is 8.42 Å². The van der Waals surface area contributed by atoms with Gasteiger partial charge in [0.05, 0.1) is 5.25 Å². The maximum atomic E-state index is 11.9. The summed E-state index contributed by atoms with van der Waals surface area (Å²) in [4.78, 5) is 0. The Hall–Kier alpha value is -0.0900. The van der Waals surface area contributed by atoms with Crippen LogP contribution in [0.25, 0.3) is 0 Å². The molecule has 7 unspecified atom stereocenters. The van der Waals surface area contributed by atoms with Crippen LogP contribution in [0.15, 0.2) is 0 Å². The number of rotatable bonds is 3. The van der Waals surface area contributed by atoms with Gasteiger partial charge in [0.1, 0.15) is 0 Å². The van der Waals surface area contributed by atoms with Gasteiger partial charge in [-0.3, -0.25) is 0 Å². The molecule has 4 aliphatic carbocycles. The Labute approximate surface area is 122 Å². The Morgan fingerprint density at radius 2 is 1.60 bits per heavy atom. The first kappa shape index (κ1) is 13.6. The van der Waals surface area contributed by atoms with Gasteiger partial charge in [-0.25, -0.2) is 8.42 Å². The molecule has 114 valence electrons. The number of hydrogen-bond donors (Lipinski definition) is 1. The Morgan fingerprint density at radius 3 is 2.40 bits per heavy atom. The highest BCUT2D eigenvalue weighted by atomic mass is 32.2. The molecule has 0 aromatic carbocycles. The summed E-state index contributed by atoms with van der Waals surface area (Å²) in [6.07, 6.45) is 11.5. The molecule has 0 heterocycles. The quantitative estimate of drug-likeness (QED) is 0.870. The van der Waals surface area contributed by atoms with Gasteiger partial charge in [-0.2, -0.15) is 0 Å². The van der Waals surface area contributed by atoms with Gasteiger partial charge < -0.3 is 5.32 Å². The van der Waals surface area contributed by atoms with E-state index in [1.807, 2.05) is 0 Å². The van der Waals surface area contributed by atoms with E-state index in [-0.39, 0.29) is 11.3 Å². The highest BCUT2D eigenvalue weighted by molar-refractivity contribution is 7.91. The molecule has 0 amide bonds. The van der Waals surface area contributed by atoms with Crippen LogP contribution in [0.5, 0.6) is 0 Å². The van der Waals surface area contributed by atoms with Gasteiger partial charge in [-0.05, 0) is 62.2 Å². The van der Waals surface area contributed by atoms with Gasteiger partial charge in [-0.1, -0.05) is 12.8 Å². The lowest BCUT2D eigenvalue weighted by Crippen LogP contribution is -2.49. The summed E-state index contributed by atoms with van der Waals surface area (Å²) in [5, 5.41) is 3.68. The van der Waals surface area contributed by atoms with E-state index in [2.05, 4.69) is 5.32 Å². The van der Waals surface area contributed by atoms with Gasteiger partial charge >= 0.3 is 0 Å². The first-order chi connectivity index (χ1) is 9.54. The van der Waals surface area contributed by atoms with Gasteiger partial charge in [0.25, 0.3) is 0 Å². The van der Waals surface area contributed by atoms with Crippen molar-refractivity contribution in [1.82, 2.24) is 5.32 Å².